The third-order valence-electron chi connectivity index (χ3n) is 4.51. The molecule has 1 aliphatic heterocycles. The van der Waals surface area contributed by atoms with Crippen molar-refractivity contribution in [1.82, 2.24) is 0 Å². The van der Waals surface area contributed by atoms with Crippen LogP contribution in [0.2, 0.25) is 0 Å². The molecule has 3 rings (SSSR count). The largest absolute Gasteiger partial charge is 0.497 e. The first-order valence-electron chi connectivity index (χ1n) is 9.11. The molecule has 1 heterocycles. The number of nitrogens with zero attached hydrogens (tertiary/aromatic N) is 1. The first kappa shape index (κ1) is 18.8. The smallest absolute Gasteiger partial charge is 0.267 e. The monoisotopic (exact) mass is 368 g/mol. The Kier molecular flexibility index (Phi) is 5.64. The summed E-state index contributed by atoms with van der Waals surface area (Å²) in [6.07, 6.45) is 1.39. The molecular formula is C21H24N2O4. The minimum atomic E-state index is -0.505. The SMILES string of the molecule is CCCCN1C(=O)C(C)Oc2ccc(NC(=O)c3ccc(OC)cc3)cc21. The second-order valence-electron chi connectivity index (χ2n) is 6.47. The molecule has 1 atom stereocenters. The molecule has 1 aliphatic rings. The van der Waals surface area contributed by atoms with Gasteiger partial charge in [0, 0.05) is 17.8 Å². The highest BCUT2D eigenvalue weighted by Crippen LogP contribution is 2.36. The molecule has 2 aromatic rings. The van der Waals surface area contributed by atoms with Gasteiger partial charge < -0.3 is 19.7 Å². The van der Waals surface area contributed by atoms with Crippen LogP contribution in [0.3, 0.4) is 0 Å². The van der Waals surface area contributed by atoms with Crippen LogP contribution in [-0.2, 0) is 4.79 Å². The summed E-state index contributed by atoms with van der Waals surface area (Å²) in [7, 11) is 1.58. The zero-order valence-electron chi connectivity index (χ0n) is 15.8. The van der Waals surface area contributed by atoms with E-state index >= 15 is 0 Å². The normalized spacial score (nSPS) is 15.7. The number of anilines is 2. The maximum absolute atomic E-state index is 12.5. The van der Waals surface area contributed by atoms with Crippen LogP contribution in [-0.4, -0.2) is 31.6 Å². The minimum absolute atomic E-state index is 0.0606. The third-order valence-corrected chi connectivity index (χ3v) is 4.51. The number of amides is 2. The number of benzene rings is 2. The van der Waals surface area contributed by atoms with Crippen LogP contribution in [0.1, 0.15) is 37.0 Å². The highest BCUT2D eigenvalue weighted by atomic mass is 16.5. The number of rotatable bonds is 6. The predicted molar refractivity (Wildman–Crippen MR) is 105 cm³/mol. The number of carbonyl (C=O) groups is 2. The summed E-state index contributed by atoms with van der Waals surface area (Å²) in [5.74, 6) is 1.06. The molecule has 27 heavy (non-hydrogen) atoms. The molecule has 1 N–H and O–H groups in total. The molecule has 6 heteroatoms. The van der Waals surface area contributed by atoms with Gasteiger partial charge in [-0.05, 0) is 55.8 Å². The average Bonchev–Trinajstić information content (AvgIpc) is 2.69. The standard InChI is InChI=1S/C21H24N2O4/c1-4-5-12-23-18-13-16(8-11-19(18)27-14(2)21(23)25)22-20(24)15-6-9-17(26-3)10-7-15/h6-11,13-14H,4-5,12H2,1-3H3,(H,22,24). The van der Waals surface area contributed by atoms with Gasteiger partial charge in [0.25, 0.3) is 11.8 Å². The summed E-state index contributed by atoms with van der Waals surface area (Å²) in [6.45, 7) is 4.47. The fraction of sp³-hybridized carbons (Fsp3) is 0.333. The van der Waals surface area contributed by atoms with Gasteiger partial charge in [-0.3, -0.25) is 9.59 Å². The first-order valence-corrected chi connectivity index (χ1v) is 9.11. The first-order chi connectivity index (χ1) is 13.0. The Morgan fingerprint density at radius 3 is 2.63 bits per heavy atom. The highest BCUT2D eigenvalue weighted by Gasteiger charge is 2.31. The third kappa shape index (κ3) is 4.05. The number of fused-ring (bicyclic) bond motifs is 1. The van der Waals surface area contributed by atoms with E-state index in [0.717, 1.165) is 12.8 Å². The summed E-state index contributed by atoms with van der Waals surface area (Å²) >= 11 is 0. The van der Waals surface area contributed by atoms with Gasteiger partial charge in [-0.2, -0.15) is 0 Å². The molecule has 0 bridgehead atoms. The van der Waals surface area contributed by atoms with E-state index in [4.69, 9.17) is 9.47 Å². The Bertz CT molecular complexity index is 833. The Balaban J connectivity index is 1.82. The Hall–Kier alpha value is -3.02. The second-order valence-corrected chi connectivity index (χ2v) is 6.47. The lowest BCUT2D eigenvalue weighted by molar-refractivity contribution is -0.125. The van der Waals surface area contributed by atoms with Crippen molar-refractivity contribution in [2.75, 3.05) is 23.9 Å². The van der Waals surface area contributed by atoms with Crippen molar-refractivity contribution >= 4 is 23.2 Å². The molecular weight excluding hydrogens is 344 g/mol. The van der Waals surface area contributed by atoms with Gasteiger partial charge in [-0.25, -0.2) is 0 Å². The summed E-state index contributed by atoms with van der Waals surface area (Å²) in [5.41, 5.74) is 1.83. The van der Waals surface area contributed by atoms with E-state index in [1.165, 1.54) is 0 Å². The van der Waals surface area contributed by atoms with E-state index in [1.807, 2.05) is 0 Å². The van der Waals surface area contributed by atoms with Gasteiger partial charge >= 0.3 is 0 Å². The second kappa shape index (κ2) is 8.12. The van der Waals surface area contributed by atoms with E-state index in [2.05, 4.69) is 12.2 Å². The van der Waals surface area contributed by atoms with E-state index in [9.17, 15) is 9.59 Å². The van der Waals surface area contributed by atoms with Crippen LogP contribution in [0.4, 0.5) is 11.4 Å². The van der Waals surface area contributed by atoms with Crippen LogP contribution < -0.4 is 19.7 Å². The van der Waals surface area contributed by atoms with E-state index in [1.54, 1.807) is 61.4 Å². The summed E-state index contributed by atoms with van der Waals surface area (Å²) in [6, 6.07) is 12.2. The fourth-order valence-electron chi connectivity index (χ4n) is 2.98. The van der Waals surface area contributed by atoms with Crippen LogP contribution in [0.25, 0.3) is 0 Å². The topological polar surface area (TPSA) is 67.9 Å². The molecule has 1 unspecified atom stereocenters. The van der Waals surface area contributed by atoms with Crippen LogP contribution >= 0.6 is 0 Å². The fourth-order valence-corrected chi connectivity index (χ4v) is 2.98. The van der Waals surface area contributed by atoms with Gasteiger partial charge in [0.15, 0.2) is 6.10 Å². The molecule has 2 aromatic carbocycles. The van der Waals surface area contributed by atoms with Crippen LogP contribution in [0.15, 0.2) is 42.5 Å². The molecule has 0 saturated heterocycles. The maximum atomic E-state index is 12.5. The summed E-state index contributed by atoms with van der Waals surface area (Å²) < 4.78 is 10.8. The van der Waals surface area contributed by atoms with Gasteiger partial charge in [-0.1, -0.05) is 13.3 Å². The molecule has 0 radical (unpaired) electrons. The van der Waals surface area contributed by atoms with Crippen molar-refractivity contribution in [3.8, 4) is 11.5 Å². The van der Waals surface area contributed by atoms with E-state index in [0.29, 0.717) is 35.0 Å². The number of hydrogen-bond donors (Lipinski definition) is 1. The molecule has 0 spiro atoms. The number of hydrogen-bond acceptors (Lipinski definition) is 4. The Labute approximate surface area is 159 Å². The molecule has 142 valence electrons. The van der Waals surface area contributed by atoms with Gasteiger partial charge in [0.05, 0.1) is 12.8 Å². The van der Waals surface area contributed by atoms with Crippen molar-refractivity contribution < 1.29 is 19.1 Å². The Morgan fingerprint density at radius 2 is 1.96 bits per heavy atom. The quantitative estimate of drug-likeness (QED) is 0.841. The number of carbonyl (C=O) groups excluding carboxylic acids is 2. The van der Waals surface area contributed by atoms with Crippen molar-refractivity contribution in [2.24, 2.45) is 0 Å². The van der Waals surface area contributed by atoms with Crippen molar-refractivity contribution in [2.45, 2.75) is 32.8 Å². The van der Waals surface area contributed by atoms with Crippen LogP contribution in [0.5, 0.6) is 11.5 Å². The van der Waals surface area contributed by atoms with Crippen molar-refractivity contribution in [1.29, 1.82) is 0 Å². The average molecular weight is 368 g/mol. The number of methoxy groups -OCH3 is 1. The maximum Gasteiger partial charge on any atom is 0.267 e. The molecule has 0 aromatic heterocycles. The highest BCUT2D eigenvalue weighted by molar-refractivity contribution is 6.05. The Morgan fingerprint density at radius 1 is 1.22 bits per heavy atom. The number of unbranched alkanes of at least 4 members (excludes halogenated alkanes) is 1. The number of ether oxygens (including phenoxy) is 2. The van der Waals surface area contributed by atoms with Crippen molar-refractivity contribution in [3.05, 3.63) is 48.0 Å². The van der Waals surface area contributed by atoms with Crippen LogP contribution in [0, 0.1) is 0 Å². The lowest BCUT2D eigenvalue weighted by atomic mass is 10.1. The lowest BCUT2D eigenvalue weighted by Gasteiger charge is -2.33. The zero-order chi connectivity index (χ0) is 19.4. The van der Waals surface area contributed by atoms with Gasteiger partial charge in [-0.15, -0.1) is 0 Å². The van der Waals surface area contributed by atoms with Gasteiger partial charge in [0.2, 0.25) is 0 Å². The predicted octanol–water partition coefficient (Wildman–Crippen LogP) is 3.86. The summed E-state index contributed by atoms with van der Waals surface area (Å²) in [5, 5.41) is 2.88. The molecule has 0 fully saturated rings. The number of nitrogens with one attached hydrogen (secondary N) is 1. The van der Waals surface area contributed by atoms with Crippen molar-refractivity contribution in [3.63, 3.8) is 0 Å². The zero-order valence-corrected chi connectivity index (χ0v) is 15.8. The van der Waals surface area contributed by atoms with Gasteiger partial charge in [0.1, 0.15) is 11.5 Å². The minimum Gasteiger partial charge on any atom is -0.497 e. The molecule has 2 amide bonds. The van der Waals surface area contributed by atoms with E-state index in [-0.39, 0.29) is 11.8 Å². The summed E-state index contributed by atoms with van der Waals surface area (Å²) in [4.78, 5) is 26.7. The molecule has 6 nitrogen and oxygen atoms in total. The molecule has 0 aliphatic carbocycles. The lowest BCUT2D eigenvalue weighted by Crippen LogP contribution is -2.44. The molecule has 0 saturated carbocycles. The van der Waals surface area contributed by atoms with E-state index < -0.39 is 6.10 Å².